The van der Waals surface area contributed by atoms with E-state index in [9.17, 15) is 8.42 Å². The largest absolute Gasteiger partial charge is 0.321 e. The number of piperidine rings is 1. The second kappa shape index (κ2) is 5.78. The van der Waals surface area contributed by atoms with Crippen LogP contribution in [0.25, 0.3) is 0 Å². The molecule has 1 saturated heterocycles. The van der Waals surface area contributed by atoms with Gasteiger partial charge < -0.3 is 4.57 Å². The first-order valence-corrected chi connectivity index (χ1v) is 8.33. The molecule has 0 bridgehead atoms. The van der Waals surface area contributed by atoms with Gasteiger partial charge in [0.2, 0.25) is 10.0 Å². The van der Waals surface area contributed by atoms with Crippen LogP contribution in [0.1, 0.15) is 18.7 Å². The smallest absolute Gasteiger partial charge is 0.209 e. The molecule has 0 spiro atoms. The number of nitrogens with two attached hydrogens (primary N) is 1. The van der Waals surface area contributed by atoms with Gasteiger partial charge in [-0.3, -0.25) is 4.90 Å². The molecule has 8 heteroatoms. The van der Waals surface area contributed by atoms with Crippen LogP contribution in [0.4, 0.5) is 0 Å². The summed E-state index contributed by atoms with van der Waals surface area (Å²) in [4.78, 5) is 6.46. The number of halogens is 1. The molecule has 2 N–H and O–H groups in total. The average molecular weight is 307 g/mol. The van der Waals surface area contributed by atoms with Gasteiger partial charge in [-0.25, -0.2) is 18.5 Å². The highest BCUT2D eigenvalue weighted by Gasteiger charge is 2.24. The molecule has 2 heterocycles. The Balaban J connectivity index is 1.96. The quantitative estimate of drug-likeness (QED) is 0.882. The first-order chi connectivity index (χ1) is 8.85. The lowest BCUT2D eigenvalue weighted by Crippen LogP contribution is -2.39. The van der Waals surface area contributed by atoms with Crippen molar-refractivity contribution < 1.29 is 8.42 Å². The van der Waals surface area contributed by atoms with Gasteiger partial charge in [0.25, 0.3) is 0 Å². The maximum atomic E-state index is 11.1. The van der Waals surface area contributed by atoms with E-state index >= 15 is 0 Å². The highest BCUT2D eigenvalue weighted by molar-refractivity contribution is 7.89. The maximum Gasteiger partial charge on any atom is 0.209 e. The van der Waals surface area contributed by atoms with E-state index in [1.54, 1.807) is 6.20 Å². The van der Waals surface area contributed by atoms with Crippen molar-refractivity contribution in [1.82, 2.24) is 14.5 Å². The maximum absolute atomic E-state index is 11.1. The Morgan fingerprint density at radius 1 is 1.58 bits per heavy atom. The van der Waals surface area contributed by atoms with Gasteiger partial charge in [-0.2, -0.15) is 0 Å². The van der Waals surface area contributed by atoms with E-state index in [1.165, 1.54) is 0 Å². The van der Waals surface area contributed by atoms with Crippen molar-refractivity contribution in [2.45, 2.75) is 19.4 Å². The Labute approximate surface area is 118 Å². The van der Waals surface area contributed by atoms with Crippen LogP contribution in [0.3, 0.4) is 0 Å². The minimum absolute atomic E-state index is 0.0603. The van der Waals surface area contributed by atoms with Crippen LogP contribution in [0.5, 0.6) is 0 Å². The predicted molar refractivity (Wildman–Crippen MR) is 74.2 cm³/mol. The number of sulfonamides is 1. The van der Waals surface area contributed by atoms with Crippen LogP contribution in [-0.2, 0) is 23.6 Å². The molecule has 2 rings (SSSR count). The zero-order valence-electron chi connectivity index (χ0n) is 10.9. The molecule has 0 amide bonds. The Bertz CT molecular complexity index is 543. The molecule has 108 valence electrons. The topological polar surface area (TPSA) is 81.2 Å². The molecule has 1 aliphatic heterocycles. The lowest BCUT2D eigenvalue weighted by molar-refractivity contribution is 0.172. The van der Waals surface area contributed by atoms with E-state index in [4.69, 9.17) is 16.7 Å². The van der Waals surface area contributed by atoms with Gasteiger partial charge in [0, 0.05) is 13.6 Å². The number of imidazole rings is 1. The molecule has 1 fully saturated rings. The van der Waals surface area contributed by atoms with Gasteiger partial charge in [0.1, 0.15) is 11.0 Å². The first-order valence-electron chi connectivity index (χ1n) is 6.24. The Morgan fingerprint density at radius 3 is 2.89 bits per heavy atom. The normalized spacial score (nSPS) is 21.7. The summed E-state index contributed by atoms with van der Waals surface area (Å²) in [6.07, 6.45) is 3.52. The number of hydrogen-bond donors (Lipinski definition) is 1. The monoisotopic (exact) mass is 306 g/mol. The summed E-state index contributed by atoms with van der Waals surface area (Å²) in [5.41, 5.74) is 0. The molecule has 1 aromatic rings. The van der Waals surface area contributed by atoms with E-state index in [1.807, 2.05) is 11.6 Å². The molecule has 0 aliphatic carbocycles. The van der Waals surface area contributed by atoms with Crippen molar-refractivity contribution in [1.29, 1.82) is 0 Å². The Kier molecular flexibility index (Phi) is 4.50. The second-order valence-electron chi connectivity index (χ2n) is 5.13. The van der Waals surface area contributed by atoms with Gasteiger partial charge in [-0.15, -0.1) is 0 Å². The van der Waals surface area contributed by atoms with Crippen LogP contribution in [0.15, 0.2) is 6.20 Å². The van der Waals surface area contributed by atoms with Crippen molar-refractivity contribution in [3.63, 3.8) is 0 Å². The van der Waals surface area contributed by atoms with Crippen LogP contribution in [-0.4, -0.2) is 41.7 Å². The molecule has 1 atom stereocenters. The van der Waals surface area contributed by atoms with E-state index in [0.717, 1.165) is 31.8 Å². The Hall–Kier alpha value is -0.630. The van der Waals surface area contributed by atoms with Crippen LogP contribution in [0.2, 0.25) is 5.15 Å². The summed E-state index contributed by atoms with van der Waals surface area (Å²) in [5, 5.41) is 5.72. The number of nitrogens with zero attached hydrogens (tertiary/aromatic N) is 3. The molecule has 0 saturated carbocycles. The summed E-state index contributed by atoms with van der Waals surface area (Å²) in [7, 11) is -1.52. The third-order valence-electron chi connectivity index (χ3n) is 3.46. The number of rotatable bonds is 4. The Morgan fingerprint density at radius 2 is 2.32 bits per heavy atom. The standard InChI is InChI=1S/C11H19ClN4O2S/c1-15-10(12)5-14-11(15)7-16-4-2-3-9(6-16)8-19(13,17)18/h5,9H,2-4,6-8H2,1H3,(H2,13,17,18). The summed E-state index contributed by atoms with van der Waals surface area (Å²) >= 11 is 5.95. The van der Waals surface area contributed by atoms with Gasteiger partial charge in [0.15, 0.2) is 0 Å². The zero-order chi connectivity index (χ0) is 14.0. The fraction of sp³-hybridized carbons (Fsp3) is 0.727. The fourth-order valence-corrected chi connectivity index (χ4v) is 3.61. The van der Waals surface area contributed by atoms with Crippen molar-refractivity contribution in [2.75, 3.05) is 18.8 Å². The SMILES string of the molecule is Cn1c(Cl)cnc1CN1CCCC(CS(N)(=O)=O)C1. The molecule has 1 unspecified atom stereocenters. The van der Waals surface area contributed by atoms with E-state index < -0.39 is 10.0 Å². The molecule has 0 radical (unpaired) electrons. The molecule has 0 aromatic carbocycles. The second-order valence-corrected chi connectivity index (χ2v) is 7.18. The molecular formula is C11H19ClN4O2S. The average Bonchev–Trinajstić information content (AvgIpc) is 2.59. The predicted octanol–water partition coefficient (Wildman–Crippen LogP) is 0.574. The van der Waals surface area contributed by atoms with E-state index in [-0.39, 0.29) is 11.7 Å². The molecular weight excluding hydrogens is 288 g/mol. The van der Waals surface area contributed by atoms with E-state index in [0.29, 0.717) is 11.7 Å². The van der Waals surface area contributed by atoms with Gasteiger partial charge >= 0.3 is 0 Å². The fourth-order valence-electron chi connectivity index (χ4n) is 2.53. The number of hydrogen-bond acceptors (Lipinski definition) is 4. The van der Waals surface area contributed by atoms with Crippen molar-refractivity contribution >= 4 is 21.6 Å². The van der Waals surface area contributed by atoms with Gasteiger partial charge in [-0.05, 0) is 25.3 Å². The minimum atomic E-state index is -3.39. The minimum Gasteiger partial charge on any atom is -0.321 e. The third-order valence-corrected chi connectivity index (χ3v) is 4.75. The van der Waals surface area contributed by atoms with Crippen LogP contribution < -0.4 is 5.14 Å². The van der Waals surface area contributed by atoms with Gasteiger partial charge in [0.05, 0.1) is 18.5 Å². The summed E-state index contributed by atoms with van der Waals surface area (Å²) in [5.74, 6) is 1.06. The van der Waals surface area contributed by atoms with Crippen LogP contribution in [0, 0.1) is 5.92 Å². The molecule has 1 aliphatic rings. The van der Waals surface area contributed by atoms with E-state index in [2.05, 4.69) is 9.88 Å². The molecule has 1 aromatic heterocycles. The highest BCUT2D eigenvalue weighted by Crippen LogP contribution is 2.20. The number of aromatic nitrogens is 2. The summed E-state index contributed by atoms with van der Waals surface area (Å²) in [6.45, 7) is 2.37. The summed E-state index contributed by atoms with van der Waals surface area (Å²) in [6, 6.07) is 0. The van der Waals surface area contributed by atoms with Crippen molar-refractivity contribution in [3.8, 4) is 0 Å². The van der Waals surface area contributed by atoms with Crippen molar-refractivity contribution in [2.24, 2.45) is 18.1 Å². The first kappa shape index (κ1) is 14.8. The lowest BCUT2D eigenvalue weighted by atomic mass is 10.0. The van der Waals surface area contributed by atoms with Gasteiger partial charge in [-0.1, -0.05) is 11.6 Å². The summed E-state index contributed by atoms with van der Waals surface area (Å²) < 4.78 is 24.1. The zero-order valence-corrected chi connectivity index (χ0v) is 12.5. The molecule has 19 heavy (non-hydrogen) atoms. The highest BCUT2D eigenvalue weighted by atomic mass is 35.5. The number of primary sulfonamides is 1. The lowest BCUT2D eigenvalue weighted by Gasteiger charge is -2.31. The van der Waals surface area contributed by atoms with Crippen molar-refractivity contribution in [3.05, 3.63) is 17.2 Å². The van der Waals surface area contributed by atoms with Crippen LogP contribution >= 0.6 is 11.6 Å². The molecule has 6 nitrogen and oxygen atoms in total. The number of likely N-dealkylation sites (tertiary alicyclic amines) is 1. The third kappa shape index (κ3) is 4.17.